The molecule has 0 saturated heterocycles. The summed E-state index contributed by atoms with van der Waals surface area (Å²) in [4.78, 5) is 15.0. The number of primary amides is 1. The predicted octanol–water partition coefficient (Wildman–Crippen LogP) is 0.616. The van der Waals surface area contributed by atoms with Gasteiger partial charge in [0.05, 0.1) is 7.11 Å². The third kappa shape index (κ3) is 3.51. The molecule has 1 rings (SSSR count). The van der Waals surface area contributed by atoms with E-state index in [0.717, 1.165) is 12.1 Å². The van der Waals surface area contributed by atoms with Crippen molar-refractivity contribution in [3.63, 3.8) is 0 Å². The summed E-state index contributed by atoms with van der Waals surface area (Å²) in [6.07, 6.45) is 1.96. The minimum atomic E-state index is -0.332. The van der Waals surface area contributed by atoms with Crippen molar-refractivity contribution in [2.75, 3.05) is 13.7 Å². The molecule has 1 atom stereocenters. The molecule has 1 amide bonds. The lowest BCUT2D eigenvalue weighted by molar-refractivity contribution is -0.118. The molecule has 5 heteroatoms. The quantitative estimate of drug-likeness (QED) is 0.741. The fourth-order valence-corrected chi connectivity index (χ4v) is 1.47. The maximum atomic E-state index is 10.9. The zero-order valence-corrected chi connectivity index (χ0v) is 9.56. The molecule has 0 aliphatic heterocycles. The molecule has 0 radical (unpaired) electrons. The normalized spacial score (nSPS) is 12.1. The van der Waals surface area contributed by atoms with Gasteiger partial charge in [0.2, 0.25) is 11.8 Å². The van der Waals surface area contributed by atoms with Crippen molar-refractivity contribution in [2.45, 2.75) is 19.4 Å². The summed E-state index contributed by atoms with van der Waals surface area (Å²) >= 11 is 0. The molecule has 0 saturated carbocycles. The van der Waals surface area contributed by atoms with Crippen LogP contribution in [0.3, 0.4) is 0 Å². The van der Waals surface area contributed by atoms with Crippen LogP contribution in [0.1, 0.15) is 24.9 Å². The fourth-order valence-electron chi connectivity index (χ4n) is 1.47. The highest BCUT2D eigenvalue weighted by Crippen LogP contribution is 2.17. The van der Waals surface area contributed by atoms with Gasteiger partial charge in [0, 0.05) is 24.7 Å². The number of methoxy groups -OCH3 is 1. The summed E-state index contributed by atoms with van der Waals surface area (Å²) in [5.74, 6) is 0.222. The third-order valence-corrected chi connectivity index (χ3v) is 2.23. The lowest BCUT2D eigenvalue weighted by atomic mass is 10.1. The van der Waals surface area contributed by atoms with E-state index in [0.29, 0.717) is 5.88 Å². The highest BCUT2D eigenvalue weighted by Gasteiger charge is 2.13. The summed E-state index contributed by atoms with van der Waals surface area (Å²) in [6.45, 7) is 2.74. The van der Waals surface area contributed by atoms with Crippen LogP contribution in [-0.4, -0.2) is 24.5 Å². The van der Waals surface area contributed by atoms with Gasteiger partial charge >= 0.3 is 0 Å². The van der Waals surface area contributed by atoms with E-state index in [2.05, 4.69) is 10.3 Å². The Hall–Kier alpha value is -1.62. The van der Waals surface area contributed by atoms with Crippen LogP contribution in [-0.2, 0) is 4.79 Å². The van der Waals surface area contributed by atoms with Crippen LogP contribution >= 0.6 is 0 Å². The van der Waals surface area contributed by atoms with Gasteiger partial charge < -0.3 is 15.8 Å². The number of nitrogens with two attached hydrogens (primary N) is 1. The zero-order valence-electron chi connectivity index (χ0n) is 9.56. The molecule has 1 heterocycles. The van der Waals surface area contributed by atoms with Crippen molar-refractivity contribution in [2.24, 2.45) is 5.73 Å². The number of nitrogens with one attached hydrogen (secondary N) is 1. The van der Waals surface area contributed by atoms with Gasteiger partial charge in [-0.25, -0.2) is 4.98 Å². The lowest BCUT2D eigenvalue weighted by Gasteiger charge is -2.16. The van der Waals surface area contributed by atoms with Gasteiger partial charge in [-0.3, -0.25) is 4.79 Å². The first-order valence-electron chi connectivity index (χ1n) is 5.19. The summed E-state index contributed by atoms with van der Waals surface area (Å²) in [7, 11) is 1.56. The molecule has 0 aliphatic carbocycles. The van der Waals surface area contributed by atoms with Gasteiger partial charge in [-0.1, -0.05) is 13.0 Å². The monoisotopic (exact) mass is 223 g/mol. The van der Waals surface area contributed by atoms with E-state index < -0.39 is 0 Å². The number of hydrogen-bond donors (Lipinski definition) is 2. The molecule has 1 unspecified atom stereocenters. The van der Waals surface area contributed by atoms with Crippen molar-refractivity contribution in [3.05, 3.63) is 23.9 Å². The molecule has 3 N–H and O–H groups in total. The second-order valence-electron chi connectivity index (χ2n) is 3.41. The van der Waals surface area contributed by atoms with E-state index >= 15 is 0 Å². The third-order valence-electron chi connectivity index (χ3n) is 2.23. The van der Waals surface area contributed by atoms with Crippen molar-refractivity contribution >= 4 is 5.91 Å². The van der Waals surface area contributed by atoms with Gasteiger partial charge in [0.1, 0.15) is 0 Å². The highest BCUT2D eigenvalue weighted by atomic mass is 16.5. The minimum absolute atomic E-state index is 0.0825. The fraction of sp³-hybridized carbons (Fsp3) is 0.455. The topological polar surface area (TPSA) is 77.2 Å². The molecular formula is C11H17N3O2. The molecule has 5 nitrogen and oxygen atoms in total. The summed E-state index contributed by atoms with van der Waals surface area (Å²) in [5.41, 5.74) is 6.12. The van der Waals surface area contributed by atoms with Crippen LogP contribution in [0.2, 0.25) is 0 Å². The molecule has 1 aromatic heterocycles. The first kappa shape index (κ1) is 12.4. The van der Waals surface area contributed by atoms with Gasteiger partial charge in [0.25, 0.3) is 0 Å². The average molecular weight is 223 g/mol. The van der Waals surface area contributed by atoms with E-state index in [1.165, 1.54) is 0 Å². The van der Waals surface area contributed by atoms with Gasteiger partial charge in [-0.15, -0.1) is 0 Å². The lowest BCUT2D eigenvalue weighted by Crippen LogP contribution is -2.26. The number of amides is 1. The maximum Gasteiger partial charge on any atom is 0.219 e. The van der Waals surface area contributed by atoms with E-state index in [-0.39, 0.29) is 18.4 Å². The maximum absolute atomic E-state index is 10.9. The number of hydrogen-bond acceptors (Lipinski definition) is 4. The summed E-state index contributed by atoms with van der Waals surface area (Å²) < 4.78 is 4.97. The molecular weight excluding hydrogens is 206 g/mol. The highest BCUT2D eigenvalue weighted by molar-refractivity contribution is 5.74. The molecule has 0 aliphatic rings. The number of ether oxygens (including phenoxy) is 1. The second kappa shape index (κ2) is 6.07. The van der Waals surface area contributed by atoms with Crippen molar-refractivity contribution < 1.29 is 9.53 Å². The van der Waals surface area contributed by atoms with Crippen molar-refractivity contribution in [3.8, 4) is 5.88 Å². The molecule has 0 spiro atoms. The van der Waals surface area contributed by atoms with Crippen LogP contribution < -0.4 is 15.8 Å². The Bertz CT molecular complexity index is 338. The van der Waals surface area contributed by atoms with E-state index in [1.54, 1.807) is 19.4 Å². The van der Waals surface area contributed by atoms with Crippen LogP contribution in [0.4, 0.5) is 0 Å². The number of pyridine rings is 1. The van der Waals surface area contributed by atoms with Crippen LogP contribution in [0.5, 0.6) is 5.88 Å². The Morgan fingerprint density at radius 2 is 2.38 bits per heavy atom. The standard InChI is InChI=1S/C11H17N3O2/c1-3-13-9(6-10(12)15)8-4-5-11(16-2)14-7-8/h4-5,7,9,13H,3,6H2,1-2H3,(H2,12,15). The van der Waals surface area contributed by atoms with E-state index in [4.69, 9.17) is 10.5 Å². The molecule has 16 heavy (non-hydrogen) atoms. The van der Waals surface area contributed by atoms with Gasteiger partial charge in [-0.2, -0.15) is 0 Å². The molecule has 88 valence electrons. The average Bonchev–Trinajstić information content (AvgIpc) is 2.28. The van der Waals surface area contributed by atoms with Crippen LogP contribution in [0, 0.1) is 0 Å². The smallest absolute Gasteiger partial charge is 0.219 e. The Labute approximate surface area is 95.0 Å². The largest absolute Gasteiger partial charge is 0.481 e. The van der Waals surface area contributed by atoms with Crippen LogP contribution in [0.15, 0.2) is 18.3 Å². The van der Waals surface area contributed by atoms with Crippen LogP contribution in [0.25, 0.3) is 0 Å². The van der Waals surface area contributed by atoms with E-state index in [1.807, 2.05) is 13.0 Å². The number of aromatic nitrogens is 1. The Morgan fingerprint density at radius 1 is 1.62 bits per heavy atom. The zero-order chi connectivity index (χ0) is 12.0. The van der Waals surface area contributed by atoms with Gasteiger partial charge in [-0.05, 0) is 12.1 Å². The SMILES string of the molecule is CCNC(CC(N)=O)c1ccc(OC)nc1. The molecule has 0 fully saturated rings. The summed E-state index contributed by atoms with van der Waals surface area (Å²) in [5, 5.41) is 3.19. The first-order chi connectivity index (χ1) is 7.67. The first-order valence-corrected chi connectivity index (χ1v) is 5.19. The number of rotatable bonds is 6. The van der Waals surface area contributed by atoms with Gasteiger partial charge in [0.15, 0.2) is 0 Å². The Morgan fingerprint density at radius 3 is 2.81 bits per heavy atom. The minimum Gasteiger partial charge on any atom is -0.481 e. The van der Waals surface area contributed by atoms with E-state index in [9.17, 15) is 4.79 Å². The molecule has 1 aromatic rings. The Kier molecular flexibility index (Phi) is 4.72. The second-order valence-corrected chi connectivity index (χ2v) is 3.41. The summed E-state index contributed by atoms with van der Waals surface area (Å²) in [6, 6.07) is 3.56. The molecule has 0 aromatic carbocycles. The number of carbonyl (C=O) groups excluding carboxylic acids is 1. The predicted molar refractivity (Wildman–Crippen MR) is 61.0 cm³/mol. The van der Waals surface area contributed by atoms with Crippen molar-refractivity contribution in [1.82, 2.24) is 10.3 Å². The molecule has 0 bridgehead atoms. The number of nitrogens with zero attached hydrogens (tertiary/aromatic N) is 1. The van der Waals surface area contributed by atoms with Crippen molar-refractivity contribution in [1.29, 1.82) is 0 Å². The number of carbonyl (C=O) groups is 1. The Balaban J connectivity index is 2.79.